The van der Waals surface area contributed by atoms with Crippen LogP contribution in [0.2, 0.25) is 0 Å². The minimum absolute atomic E-state index is 0.539. The van der Waals surface area contributed by atoms with Crippen LogP contribution in [0, 0.1) is 22.7 Å². The Bertz CT molecular complexity index is 982. The van der Waals surface area contributed by atoms with Gasteiger partial charge in [0.15, 0.2) is 0 Å². The molecule has 0 fully saturated rings. The van der Waals surface area contributed by atoms with Gasteiger partial charge in [0, 0.05) is 9.79 Å². The Hall–Kier alpha value is -3.21. The quantitative estimate of drug-likeness (QED) is 0.472. The summed E-state index contributed by atoms with van der Waals surface area (Å²) in [5, 5.41) is 18.8. The molecule has 0 unspecified atom stereocenters. The van der Waals surface area contributed by atoms with Crippen molar-refractivity contribution in [2.24, 2.45) is 0 Å². The third-order valence-corrected chi connectivity index (χ3v) is 5.05. The molecule has 1 aliphatic rings. The third-order valence-electron chi connectivity index (χ3n) is 3.92. The van der Waals surface area contributed by atoms with Crippen LogP contribution in [-0.4, -0.2) is 0 Å². The minimum Gasteiger partial charge on any atom is -0.307 e. The molecule has 0 N–H and O–H groups in total. The van der Waals surface area contributed by atoms with E-state index in [1.807, 2.05) is 36.4 Å². The van der Waals surface area contributed by atoms with Crippen molar-refractivity contribution < 1.29 is 0 Å². The van der Waals surface area contributed by atoms with Gasteiger partial charge in [-0.2, -0.15) is 10.5 Å². The van der Waals surface area contributed by atoms with Gasteiger partial charge in [0.2, 0.25) is 0 Å². The van der Waals surface area contributed by atoms with E-state index in [-0.39, 0.29) is 0 Å². The lowest BCUT2D eigenvalue weighted by Gasteiger charge is -2.33. The summed E-state index contributed by atoms with van der Waals surface area (Å²) in [7, 11) is 0. The molecule has 0 amide bonds. The highest BCUT2D eigenvalue weighted by molar-refractivity contribution is 7.99. The van der Waals surface area contributed by atoms with Crippen LogP contribution in [0.5, 0.6) is 0 Å². The molecule has 0 bridgehead atoms. The van der Waals surface area contributed by atoms with Crippen LogP contribution < -0.4 is 4.90 Å². The van der Waals surface area contributed by atoms with Gasteiger partial charge < -0.3 is 4.90 Å². The second-order valence-electron chi connectivity index (χ2n) is 5.33. The van der Waals surface area contributed by atoms with Crippen molar-refractivity contribution in [3.8, 4) is 12.1 Å². The summed E-state index contributed by atoms with van der Waals surface area (Å²) in [6.07, 6.45) is 0. The number of nitriles is 2. The summed E-state index contributed by atoms with van der Waals surface area (Å²) in [5.74, 6) is 0. The van der Waals surface area contributed by atoms with Crippen molar-refractivity contribution in [1.82, 2.24) is 0 Å². The van der Waals surface area contributed by atoms with E-state index in [1.165, 1.54) is 0 Å². The summed E-state index contributed by atoms with van der Waals surface area (Å²) in [4.78, 5) is 4.32. The molecule has 4 heteroatoms. The van der Waals surface area contributed by atoms with Gasteiger partial charge in [-0.3, -0.25) is 0 Å². The molecule has 24 heavy (non-hydrogen) atoms. The molecule has 3 aromatic rings. The SMILES string of the molecule is N#Cc1ccc(C#N)c(N2c3ccccc3Sc3ccccc32)c1. The van der Waals surface area contributed by atoms with Crippen molar-refractivity contribution in [2.75, 3.05) is 4.90 Å². The normalized spacial score (nSPS) is 11.8. The Morgan fingerprint density at radius 3 is 1.92 bits per heavy atom. The second-order valence-corrected chi connectivity index (χ2v) is 6.41. The summed E-state index contributed by atoms with van der Waals surface area (Å²) in [6.45, 7) is 0. The Morgan fingerprint density at radius 2 is 1.33 bits per heavy atom. The first-order valence-electron chi connectivity index (χ1n) is 7.42. The lowest BCUT2D eigenvalue weighted by atomic mass is 10.1. The Balaban J connectivity index is 2.03. The van der Waals surface area contributed by atoms with Crippen molar-refractivity contribution >= 4 is 28.8 Å². The molecule has 1 aliphatic heterocycles. The molecule has 0 aromatic heterocycles. The van der Waals surface area contributed by atoms with Crippen LogP contribution in [0.4, 0.5) is 17.1 Å². The molecule has 0 saturated carbocycles. The van der Waals surface area contributed by atoms with Crippen molar-refractivity contribution in [3.63, 3.8) is 0 Å². The van der Waals surface area contributed by atoms with Crippen molar-refractivity contribution in [3.05, 3.63) is 77.9 Å². The van der Waals surface area contributed by atoms with Gasteiger partial charge in [-0.1, -0.05) is 36.0 Å². The molecule has 112 valence electrons. The standard InChI is InChI=1S/C20H11N3S/c21-12-14-9-10-15(13-22)18(11-14)23-16-5-1-3-7-19(16)24-20-8-4-2-6-17(20)23/h1-11H. The lowest BCUT2D eigenvalue weighted by Crippen LogP contribution is -2.16. The summed E-state index contributed by atoms with van der Waals surface area (Å²) in [6, 6.07) is 25.8. The Labute approximate surface area is 144 Å². The topological polar surface area (TPSA) is 50.8 Å². The predicted octanol–water partition coefficient (Wildman–Crippen LogP) is 5.36. The lowest BCUT2D eigenvalue weighted by molar-refractivity contribution is 1.16. The van der Waals surface area contributed by atoms with Crippen molar-refractivity contribution in [2.45, 2.75) is 9.79 Å². The average molecular weight is 325 g/mol. The first-order chi connectivity index (χ1) is 11.8. The fourth-order valence-electron chi connectivity index (χ4n) is 2.84. The van der Waals surface area contributed by atoms with E-state index < -0.39 is 0 Å². The van der Waals surface area contributed by atoms with Gasteiger partial charge in [-0.25, -0.2) is 0 Å². The van der Waals surface area contributed by atoms with E-state index in [0.29, 0.717) is 11.1 Å². The van der Waals surface area contributed by atoms with E-state index in [2.05, 4.69) is 29.2 Å². The van der Waals surface area contributed by atoms with Crippen LogP contribution in [0.25, 0.3) is 0 Å². The van der Waals surface area contributed by atoms with Gasteiger partial charge in [-0.05, 0) is 42.5 Å². The maximum atomic E-state index is 9.54. The first kappa shape index (κ1) is 14.4. The van der Waals surface area contributed by atoms with Gasteiger partial charge in [0.25, 0.3) is 0 Å². The van der Waals surface area contributed by atoms with Crippen LogP contribution >= 0.6 is 11.8 Å². The van der Waals surface area contributed by atoms with Crippen LogP contribution in [-0.2, 0) is 0 Å². The van der Waals surface area contributed by atoms with Crippen LogP contribution in [0.3, 0.4) is 0 Å². The maximum Gasteiger partial charge on any atom is 0.101 e. The number of rotatable bonds is 1. The molecule has 3 nitrogen and oxygen atoms in total. The summed E-state index contributed by atoms with van der Waals surface area (Å²) < 4.78 is 0. The number of para-hydroxylation sites is 2. The highest BCUT2D eigenvalue weighted by Gasteiger charge is 2.26. The molecule has 0 aliphatic carbocycles. The minimum atomic E-state index is 0.539. The second kappa shape index (κ2) is 5.77. The van der Waals surface area contributed by atoms with E-state index in [4.69, 9.17) is 0 Å². The first-order valence-corrected chi connectivity index (χ1v) is 8.24. The molecule has 4 rings (SSSR count). The Morgan fingerprint density at radius 1 is 0.708 bits per heavy atom. The summed E-state index contributed by atoms with van der Waals surface area (Å²) in [5.41, 5.74) is 3.86. The highest BCUT2D eigenvalue weighted by atomic mass is 32.2. The smallest absolute Gasteiger partial charge is 0.101 e. The Kier molecular flexibility index (Phi) is 3.46. The number of hydrogen-bond acceptors (Lipinski definition) is 4. The molecular weight excluding hydrogens is 314 g/mol. The van der Waals surface area contributed by atoms with Crippen molar-refractivity contribution in [1.29, 1.82) is 10.5 Å². The van der Waals surface area contributed by atoms with Crippen LogP contribution in [0.1, 0.15) is 11.1 Å². The average Bonchev–Trinajstić information content (AvgIpc) is 2.65. The highest BCUT2D eigenvalue weighted by Crippen LogP contribution is 2.51. The number of anilines is 3. The maximum absolute atomic E-state index is 9.54. The van der Waals surface area contributed by atoms with E-state index in [1.54, 1.807) is 30.0 Å². The van der Waals surface area contributed by atoms with Gasteiger partial charge >= 0.3 is 0 Å². The number of hydrogen-bond donors (Lipinski definition) is 0. The van der Waals surface area contributed by atoms with E-state index in [0.717, 1.165) is 26.9 Å². The molecule has 3 aromatic carbocycles. The third kappa shape index (κ3) is 2.22. The fraction of sp³-hybridized carbons (Fsp3) is 0. The number of nitrogens with zero attached hydrogens (tertiary/aromatic N) is 3. The van der Waals surface area contributed by atoms with E-state index in [9.17, 15) is 10.5 Å². The van der Waals surface area contributed by atoms with Gasteiger partial charge in [-0.15, -0.1) is 0 Å². The molecule has 1 heterocycles. The predicted molar refractivity (Wildman–Crippen MR) is 94.7 cm³/mol. The zero-order valence-corrected chi connectivity index (χ0v) is 13.4. The zero-order valence-electron chi connectivity index (χ0n) is 12.6. The fourth-order valence-corrected chi connectivity index (χ4v) is 3.90. The van der Waals surface area contributed by atoms with Gasteiger partial charge in [0.05, 0.1) is 34.3 Å². The van der Waals surface area contributed by atoms with Gasteiger partial charge in [0.1, 0.15) is 6.07 Å². The molecule has 0 radical (unpaired) electrons. The summed E-state index contributed by atoms with van der Waals surface area (Å²) >= 11 is 1.71. The molecule has 0 saturated heterocycles. The molecular formula is C20H11N3S. The molecule has 0 spiro atoms. The molecule has 0 atom stereocenters. The zero-order chi connectivity index (χ0) is 16.5. The van der Waals surface area contributed by atoms with Crippen LogP contribution in [0.15, 0.2) is 76.5 Å². The monoisotopic (exact) mass is 325 g/mol. The number of fused-ring (bicyclic) bond motifs is 2. The number of benzene rings is 3. The van der Waals surface area contributed by atoms with E-state index >= 15 is 0 Å². The largest absolute Gasteiger partial charge is 0.307 e.